The maximum Gasteiger partial charge on any atom is 0.0438 e. The van der Waals surface area contributed by atoms with Crippen LogP contribution >= 0.6 is 11.6 Å². The van der Waals surface area contributed by atoms with Gasteiger partial charge in [-0.3, -0.25) is 0 Å². The van der Waals surface area contributed by atoms with Crippen LogP contribution < -0.4 is 0 Å². The minimum Gasteiger partial charge on any atom is -0.300 e. The van der Waals surface area contributed by atoms with Gasteiger partial charge >= 0.3 is 0 Å². The second-order valence-corrected chi connectivity index (χ2v) is 5.74. The Labute approximate surface area is 116 Å². The molecule has 2 rings (SSSR count). The number of benzene rings is 1. The van der Waals surface area contributed by atoms with Crippen molar-refractivity contribution in [3.8, 4) is 0 Å². The van der Waals surface area contributed by atoms with Gasteiger partial charge in [0.05, 0.1) is 0 Å². The first-order chi connectivity index (χ1) is 8.81. The zero-order chi connectivity index (χ0) is 12.8. The molecule has 0 spiro atoms. The van der Waals surface area contributed by atoms with Crippen molar-refractivity contribution in [3.63, 3.8) is 0 Å². The number of hydrogen-bond donors (Lipinski definition) is 0. The van der Waals surface area contributed by atoms with E-state index < -0.39 is 0 Å². The Morgan fingerprint density at radius 2 is 1.89 bits per heavy atom. The summed E-state index contributed by atoms with van der Waals surface area (Å²) < 4.78 is 0. The molecule has 0 N–H and O–H groups in total. The van der Waals surface area contributed by atoms with Crippen LogP contribution in [0.2, 0.25) is 5.02 Å². The van der Waals surface area contributed by atoms with Crippen molar-refractivity contribution < 1.29 is 0 Å². The van der Waals surface area contributed by atoms with E-state index >= 15 is 0 Å². The Morgan fingerprint density at radius 3 is 2.56 bits per heavy atom. The highest BCUT2D eigenvalue weighted by atomic mass is 35.5. The smallest absolute Gasteiger partial charge is 0.0438 e. The second-order valence-electron chi connectivity index (χ2n) is 5.33. The minimum absolute atomic E-state index is 0.676. The molecule has 1 saturated heterocycles. The van der Waals surface area contributed by atoms with Crippen LogP contribution in [0, 0.1) is 0 Å². The van der Waals surface area contributed by atoms with E-state index in [0.717, 1.165) is 11.4 Å². The Hall–Kier alpha value is -0.530. The molecule has 1 fully saturated rings. The second kappa shape index (κ2) is 7.16. The molecule has 0 amide bonds. The van der Waals surface area contributed by atoms with Crippen molar-refractivity contribution in [2.75, 3.05) is 13.1 Å². The summed E-state index contributed by atoms with van der Waals surface area (Å²) in [7, 11) is 0. The van der Waals surface area contributed by atoms with E-state index in [1.54, 1.807) is 0 Å². The third kappa shape index (κ3) is 3.73. The molecule has 1 atom stereocenters. The molecule has 0 bridgehead atoms. The molecule has 1 aliphatic rings. The van der Waals surface area contributed by atoms with Crippen molar-refractivity contribution in [2.24, 2.45) is 0 Å². The standard InChI is InChI=1S/C16H24ClN/c1-2-8-15(18-11-6-3-7-12-18)13-14-9-4-5-10-16(14)17/h4-5,9-10,15H,2-3,6-8,11-13H2,1H3. The monoisotopic (exact) mass is 265 g/mol. The normalized spacial score (nSPS) is 18.8. The molecule has 18 heavy (non-hydrogen) atoms. The van der Waals surface area contributed by atoms with Crippen LogP contribution in [0.1, 0.15) is 44.6 Å². The summed E-state index contributed by atoms with van der Waals surface area (Å²) in [6.45, 7) is 4.83. The molecule has 0 aliphatic carbocycles. The molecule has 1 aromatic carbocycles. The van der Waals surface area contributed by atoms with Gasteiger partial charge in [0, 0.05) is 11.1 Å². The van der Waals surface area contributed by atoms with E-state index in [9.17, 15) is 0 Å². The molecule has 100 valence electrons. The minimum atomic E-state index is 0.676. The lowest BCUT2D eigenvalue weighted by Crippen LogP contribution is -2.40. The first-order valence-corrected chi connectivity index (χ1v) is 7.66. The lowest BCUT2D eigenvalue weighted by molar-refractivity contribution is 0.153. The van der Waals surface area contributed by atoms with Crippen molar-refractivity contribution in [1.82, 2.24) is 4.90 Å². The summed E-state index contributed by atoms with van der Waals surface area (Å²) in [4.78, 5) is 2.68. The Morgan fingerprint density at radius 1 is 1.17 bits per heavy atom. The molecule has 0 radical (unpaired) electrons. The quantitative estimate of drug-likeness (QED) is 0.756. The summed E-state index contributed by atoms with van der Waals surface area (Å²) in [6, 6.07) is 8.97. The lowest BCUT2D eigenvalue weighted by atomic mass is 9.98. The third-order valence-corrected chi connectivity index (χ3v) is 4.31. The van der Waals surface area contributed by atoms with E-state index in [1.807, 2.05) is 12.1 Å². The zero-order valence-corrected chi connectivity index (χ0v) is 12.1. The van der Waals surface area contributed by atoms with Gasteiger partial charge < -0.3 is 4.90 Å². The Bertz CT molecular complexity index is 358. The van der Waals surface area contributed by atoms with Crippen LogP contribution in [-0.4, -0.2) is 24.0 Å². The average Bonchev–Trinajstić information content (AvgIpc) is 2.42. The topological polar surface area (TPSA) is 3.24 Å². The molecule has 1 aromatic rings. The number of halogens is 1. The Kier molecular flexibility index (Phi) is 5.52. The summed E-state index contributed by atoms with van der Waals surface area (Å²) >= 11 is 6.29. The first kappa shape index (κ1) is 13.9. The van der Waals surface area contributed by atoms with Crippen LogP contribution in [0.5, 0.6) is 0 Å². The van der Waals surface area contributed by atoms with Crippen LogP contribution in [-0.2, 0) is 6.42 Å². The Balaban J connectivity index is 2.03. The van der Waals surface area contributed by atoms with Crippen molar-refractivity contribution in [3.05, 3.63) is 34.9 Å². The predicted octanol–water partition coefficient (Wildman–Crippen LogP) is 4.54. The molecule has 1 nitrogen and oxygen atoms in total. The van der Waals surface area contributed by atoms with Gasteiger partial charge in [0.15, 0.2) is 0 Å². The molecule has 1 aliphatic heterocycles. The summed E-state index contributed by atoms with van der Waals surface area (Å²) in [5, 5.41) is 0.926. The van der Waals surface area contributed by atoms with Crippen LogP contribution in [0.15, 0.2) is 24.3 Å². The lowest BCUT2D eigenvalue weighted by Gasteiger charge is -2.34. The number of nitrogens with zero attached hydrogens (tertiary/aromatic N) is 1. The van der Waals surface area contributed by atoms with E-state index in [1.165, 1.54) is 50.8 Å². The SMILES string of the molecule is CCCC(Cc1ccccc1Cl)N1CCCCC1. The van der Waals surface area contributed by atoms with Gasteiger partial charge in [0.25, 0.3) is 0 Å². The first-order valence-electron chi connectivity index (χ1n) is 7.28. The average molecular weight is 266 g/mol. The van der Waals surface area contributed by atoms with E-state index in [4.69, 9.17) is 11.6 Å². The van der Waals surface area contributed by atoms with Crippen LogP contribution in [0.3, 0.4) is 0 Å². The van der Waals surface area contributed by atoms with E-state index in [-0.39, 0.29) is 0 Å². The fourth-order valence-corrected chi connectivity index (χ4v) is 3.16. The fourth-order valence-electron chi connectivity index (χ4n) is 2.95. The molecule has 2 heteroatoms. The van der Waals surface area contributed by atoms with Crippen LogP contribution in [0.25, 0.3) is 0 Å². The number of piperidine rings is 1. The van der Waals surface area contributed by atoms with E-state index in [0.29, 0.717) is 6.04 Å². The van der Waals surface area contributed by atoms with Gasteiger partial charge in [0.2, 0.25) is 0 Å². The number of hydrogen-bond acceptors (Lipinski definition) is 1. The van der Waals surface area contributed by atoms with Gasteiger partial charge in [-0.1, -0.05) is 49.6 Å². The molecular weight excluding hydrogens is 242 g/mol. The van der Waals surface area contributed by atoms with Gasteiger partial charge in [-0.15, -0.1) is 0 Å². The summed E-state index contributed by atoms with van der Waals surface area (Å²) in [6.07, 6.45) is 7.78. The van der Waals surface area contributed by atoms with Gasteiger partial charge in [0.1, 0.15) is 0 Å². The third-order valence-electron chi connectivity index (χ3n) is 3.94. The largest absolute Gasteiger partial charge is 0.300 e. The summed E-state index contributed by atoms with van der Waals surface area (Å²) in [5.74, 6) is 0. The highest BCUT2D eigenvalue weighted by Crippen LogP contribution is 2.23. The van der Waals surface area contributed by atoms with Crippen LogP contribution in [0.4, 0.5) is 0 Å². The molecular formula is C16H24ClN. The molecule has 1 unspecified atom stereocenters. The molecule has 0 saturated carbocycles. The highest BCUT2D eigenvalue weighted by Gasteiger charge is 2.20. The molecule has 1 heterocycles. The number of likely N-dealkylation sites (tertiary alicyclic amines) is 1. The van der Waals surface area contributed by atoms with Gasteiger partial charge in [-0.2, -0.15) is 0 Å². The van der Waals surface area contributed by atoms with Crippen molar-refractivity contribution in [2.45, 2.75) is 51.5 Å². The van der Waals surface area contributed by atoms with Crippen molar-refractivity contribution in [1.29, 1.82) is 0 Å². The fraction of sp³-hybridized carbons (Fsp3) is 0.625. The maximum absolute atomic E-state index is 6.29. The van der Waals surface area contributed by atoms with E-state index in [2.05, 4.69) is 24.0 Å². The molecule has 0 aromatic heterocycles. The van der Waals surface area contributed by atoms with Gasteiger partial charge in [-0.05, 0) is 50.4 Å². The number of rotatable bonds is 5. The summed E-state index contributed by atoms with van der Waals surface area (Å²) in [5.41, 5.74) is 1.31. The highest BCUT2D eigenvalue weighted by molar-refractivity contribution is 6.31. The van der Waals surface area contributed by atoms with Gasteiger partial charge in [-0.25, -0.2) is 0 Å². The maximum atomic E-state index is 6.29. The predicted molar refractivity (Wildman–Crippen MR) is 79.3 cm³/mol. The zero-order valence-electron chi connectivity index (χ0n) is 11.4. The van der Waals surface area contributed by atoms with Crippen molar-refractivity contribution >= 4 is 11.6 Å².